The van der Waals surface area contributed by atoms with Gasteiger partial charge in [0, 0.05) is 19.8 Å². The fraction of sp³-hybridized carbons (Fsp3) is 0.917. The number of ether oxygens (including phenoxy) is 1. The van der Waals surface area contributed by atoms with Gasteiger partial charge in [-0.1, -0.05) is 12.8 Å². The molecule has 1 heterocycles. The highest BCUT2D eigenvalue weighted by Crippen LogP contribution is 2.24. The molecule has 0 spiro atoms. The van der Waals surface area contributed by atoms with Crippen molar-refractivity contribution in [2.24, 2.45) is 11.7 Å². The first-order valence-electron chi connectivity index (χ1n) is 6.36. The molecule has 1 saturated heterocycles. The summed E-state index contributed by atoms with van der Waals surface area (Å²) in [6.07, 6.45) is 6.40. The van der Waals surface area contributed by atoms with E-state index in [2.05, 4.69) is 5.32 Å². The summed E-state index contributed by atoms with van der Waals surface area (Å²) in [5.74, 6) is 0.690. The molecule has 1 saturated carbocycles. The minimum Gasteiger partial charge on any atom is -0.381 e. The van der Waals surface area contributed by atoms with E-state index in [1.165, 1.54) is 25.7 Å². The van der Waals surface area contributed by atoms with Crippen molar-refractivity contribution in [3.63, 3.8) is 0 Å². The molecule has 0 aromatic rings. The number of nitrogens with one attached hydrogen (secondary N) is 1. The summed E-state index contributed by atoms with van der Waals surface area (Å²) in [6.45, 7) is 2.01. The zero-order valence-corrected chi connectivity index (χ0v) is 11.1. The van der Waals surface area contributed by atoms with E-state index in [4.69, 9.17) is 10.5 Å². The van der Waals surface area contributed by atoms with Crippen LogP contribution in [0.1, 0.15) is 38.5 Å². The summed E-state index contributed by atoms with van der Waals surface area (Å²) in [6, 6.07) is 0. The zero-order valence-electron chi connectivity index (χ0n) is 10.2. The molecule has 3 N–H and O–H groups in total. The molecule has 2 aliphatic rings. The van der Waals surface area contributed by atoms with E-state index in [1.807, 2.05) is 0 Å². The first-order valence-corrected chi connectivity index (χ1v) is 6.36. The Balaban J connectivity index is 0.00000144. The van der Waals surface area contributed by atoms with Crippen LogP contribution in [-0.4, -0.2) is 31.2 Å². The maximum absolute atomic E-state index is 12.0. The van der Waals surface area contributed by atoms with Gasteiger partial charge in [0.25, 0.3) is 0 Å². The van der Waals surface area contributed by atoms with Crippen molar-refractivity contribution in [1.82, 2.24) is 5.32 Å². The predicted molar refractivity (Wildman–Crippen MR) is 69.2 cm³/mol. The lowest BCUT2D eigenvalue weighted by molar-refractivity contribution is -0.129. The van der Waals surface area contributed by atoms with Crippen molar-refractivity contribution in [1.29, 1.82) is 0 Å². The van der Waals surface area contributed by atoms with Gasteiger partial charge in [0.2, 0.25) is 5.91 Å². The van der Waals surface area contributed by atoms with Gasteiger partial charge in [-0.2, -0.15) is 0 Å². The molecule has 2 fully saturated rings. The van der Waals surface area contributed by atoms with Crippen molar-refractivity contribution in [3.8, 4) is 0 Å². The van der Waals surface area contributed by atoms with Crippen molar-refractivity contribution in [2.75, 3.05) is 19.8 Å². The molecule has 5 heteroatoms. The second-order valence-corrected chi connectivity index (χ2v) is 5.13. The molecule has 1 amide bonds. The van der Waals surface area contributed by atoms with Crippen molar-refractivity contribution in [3.05, 3.63) is 0 Å². The summed E-state index contributed by atoms with van der Waals surface area (Å²) in [4.78, 5) is 12.0. The SMILES string of the molecule is Cl.NC1(C(=O)NCC2CCCC2)CCOCC1. The quantitative estimate of drug-likeness (QED) is 0.804. The van der Waals surface area contributed by atoms with E-state index < -0.39 is 5.54 Å². The first kappa shape index (κ1) is 14.7. The molecular weight excluding hydrogens is 240 g/mol. The number of carbonyl (C=O) groups is 1. The lowest BCUT2D eigenvalue weighted by Gasteiger charge is -2.32. The Morgan fingerprint density at radius 1 is 1.29 bits per heavy atom. The van der Waals surface area contributed by atoms with Gasteiger partial charge >= 0.3 is 0 Å². The van der Waals surface area contributed by atoms with Crippen molar-refractivity contribution < 1.29 is 9.53 Å². The Hall–Kier alpha value is -0.320. The minimum atomic E-state index is -0.684. The van der Waals surface area contributed by atoms with Gasteiger partial charge < -0.3 is 15.8 Å². The lowest BCUT2D eigenvalue weighted by atomic mass is 9.90. The van der Waals surface area contributed by atoms with Crippen LogP contribution in [0.15, 0.2) is 0 Å². The van der Waals surface area contributed by atoms with E-state index in [-0.39, 0.29) is 18.3 Å². The molecule has 0 aromatic carbocycles. The Morgan fingerprint density at radius 2 is 1.88 bits per heavy atom. The van der Waals surface area contributed by atoms with Gasteiger partial charge in [-0.25, -0.2) is 0 Å². The van der Waals surface area contributed by atoms with Crippen LogP contribution in [0.2, 0.25) is 0 Å². The summed E-state index contributed by atoms with van der Waals surface area (Å²) in [5, 5.41) is 3.02. The number of amides is 1. The topological polar surface area (TPSA) is 64.4 Å². The molecule has 100 valence electrons. The summed E-state index contributed by atoms with van der Waals surface area (Å²) in [5.41, 5.74) is 5.41. The smallest absolute Gasteiger partial charge is 0.240 e. The molecule has 17 heavy (non-hydrogen) atoms. The van der Waals surface area contributed by atoms with Crippen LogP contribution < -0.4 is 11.1 Å². The molecule has 1 aliphatic heterocycles. The van der Waals surface area contributed by atoms with Crippen LogP contribution in [-0.2, 0) is 9.53 Å². The van der Waals surface area contributed by atoms with Crippen LogP contribution in [0.4, 0.5) is 0 Å². The van der Waals surface area contributed by atoms with Gasteiger partial charge in [0.15, 0.2) is 0 Å². The van der Waals surface area contributed by atoms with Crippen LogP contribution in [0.3, 0.4) is 0 Å². The van der Waals surface area contributed by atoms with Gasteiger partial charge in [-0.15, -0.1) is 12.4 Å². The van der Waals surface area contributed by atoms with Crippen molar-refractivity contribution in [2.45, 2.75) is 44.1 Å². The Morgan fingerprint density at radius 3 is 2.47 bits per heavy atom. The van der Waals surface area contributed by atoms with Crippen LogP contribution >= 0.6 is 12.4 Å². The largest absolute Gasteiger partial charge is 0.381 e. The highest BCUT2D eigenvalue weighted by Gasteiger charge is 2.35. The monoisotopic (exact) mass is 262 g/mol. The number of halogens is 1. The molecule has 0 bridgehead atoms. The number of rotatable bonds is 3. The Labute approximate surface area is 109 Å². The molecule has 0 radical (unpaired) electrons. The summed E-state index contributed by atoms with van der Waals surface area (Å²) < 4.78 is 5.23. The highest BCUT2D eigenvalue weighted by molar-refractivity contribution is 5.86. The number of nitrogens with two attached hydrogens (primary N) is 1. The second-order valence-electron chi connectivity index (χ2n) is 5.13. The van der Waals surface area contributed by atoms with Crippen LogP contribution in [0.25, 0.3) is 0 Å². The average molecular weight is 263 g/mol. The molecule has 1 aliphatic carbocycles. The predicted octanol–water partition coefficient (Wildman–Crippen LogP) is 1.22. The van der Waals surface area contributed by atoms with Gasteiger partial charge in [0.05, 0.1) is 5.54 Å². The maximum Gasteiger partial charge on any atom is 0.240 e. The molecule has 0 atom stereocenters. The van der Waals surface area contributed by atoms with Crippen LogP contribution in [0, 0.1) is 5.92 Å². The average Bonchev–Trinajstić information content (AvgIpc) is 2.79. The van der Waals surface area contributed by atoms with E-state index >= 15 is 0 Å². The summed E-state index contributed by atoms with van der Waals surface area (Å²) >= 11 is 0. The Kier molecular flexibility index (Phi) is 5.70. The number of hydrogen-bond acceptors (Lipinski definition) is 3. The molecule has 0 aromatic heterocycles. The lowest BCUT2D eigenvalue weighted by Crippen LogP contribution is -2.57. The third-order valence-corrected chi connectivity index (χ3v) is 3.86. The minimum absolute atomic E-state index is 0. The highest BCUT2D eigenvalue weighted by atomic mass is 35.5. The molecule has 0 unspecified atom stereocenters. The first-order chi connectivity index (χ1) is 7.71. The Bertz CT molecular complexity index is 249. The molecule has 2 rings (SSSR count). The molecule has 4 nitrogen and oxygen atoms in total. The normalized spacial score (nSPS) is 24.1. The number of carbonyl (C=O) groups excluding carboxylic acids is 1. The third-order valence-electron chi connectivity index (χ3n) is 3.86. The van der Waals surface area contributed by atoms with E-state index in [0.29, 0.717) is 32.0 Å². The fourth-order valence-corrected chi connectivity index (χ4v) is 2.59. The zero-order chi connectivity index (χ0) is 11.4. The number of hydrogen-bond donors (Lipinski definition) is 2. The maximum atomic E-state index is 12.0. The van der Waals surface area contributed by atoms with Crippen LogP contribution in [0.5, 0.6) is 0 Å². The van der Waals surface area contributed by atoms with E-state index in [0.717, 1.165) is 6.54 Å². The third kappa shape index (κ3) is 3.83. The van der Waals surface area contributed by atoms with Crippen molar-refractivity contribution >= 4 is 18.3 Å². The van der Waals surface area contributed by atoms with E-state index in [9.17, 15) is 4.79 Å². The standard InChI is InChI=1S/C12H22N2O2.ClH/c13-12(5-7-16-8-6-12)11(15)14-9-10-3-1-2-4-10;/h10H,1-9,13H2,(H,14,15);1H. The van der Waals surface area contributed by atoms with Gasteiger partial charge in [0.1, 0.15) is 0 Å². The van der Waals surface area contributed by atoms with Gasteiger partial charge in [-0.3, -0.25) is 4.79 Å². The van der Waals surface area contributed by atoms with E-state index in [1.54, 1.807) is 0 Å². The molecular formula is C12H23ClN2O2. The summed E-state index contributed by atoms with van der Waals surface area (Å²) in [7, 11) is 0. The van der Waals surface area contributed by atoms with Gasteiger partial charge in [-0.05, 0) is 31.6 Å². The second kappa shape index (κ2) is 6.57. The fourth-order valence-electron chi connectivity index (χ4n) is 2.59.